The van der Waals surface area contributed by atoms with E-state index >= 15 is 0 Å². The van der Waals surface area contributed by atoms with Crippen LogP contribution < -0.4 is 11.1 Å². The van der Waals surface area contributed by atoms with Gasteiger partial charge in [0.1, 0.15) is 5.75 Å². The number of nitrogens with two attached hydrogens (primary N) is 1. The standard InChI is InChI=1S/C14H13Cl2N5O2/c15-8-4-10(16)13(23)11(5-8)19-6-7-1-2-9(12(22)3-7)14(17)20-21-18/h1-5,19,22-23H,6H2,(H3,17,18,20). The number of amidine groups is 1. The zero-order valence-electron chi connectivity index (χ0n) is 11.7. The molecular formula is C14H13Cl2N5O2. The number of anilines is 1. The molecule has 0 heterocycles. The second kappa shape index (κ2) is 7.17. The maximum atomic E-state index is 9.95. The average molecular weight is 354 g/mol. The number of phenols is 2. The maximum Gasteiger partial charge on any atom is 0.158 e. The first-order valence-electron chi connectivity index (χ1n) is 6.36. The van der Waals surface area contributed by atoms with E-state index in [4.69, 9.17) is 34.5 Å². The number of benzene rings is 2. The number of nitrogens with one attached hydrogen (secondary N) is 2. The second-order valence-electron chi connectivity index (χ2n) is 4.57. The molecule has 7 nitrogen and oxygen atoms in total. The fourth-order valence-electron chi connectivity index (χ4n) is 1.91. The maximum absolute atomic E-state index is 9.95. The van der Waals surface area contributed by atoms with Gasteiger partial charge < -0.3 is 21.3 Å². The highest BCUT2D eigenvalue weighted by Gasteiger charge is 2.10. The molecule has 0 atom stereocenters. The molecule has 2 rings (SSSR count). The monoisotopic (exact) mass is 353 g/mol. The molecule has 0 unspecified atom stereocenters. The number of hydrogen-bond donors (Lipinski definition) is 5. The molecule has 0 fully saturated rings. The van der Waals surface area contributed by atoms with E-state index in [0.717, 1.165) is 5.56 Å². The highest BCUT2D eigenvalue weighted by atomic mass is 35.5. The number of nitrogens with zero attached hydrogens (tertiary/aromatic N) is 2. The molecule has 0 amide bonds. The van der Waals surface area contributed by atoms with Crippen LogP contribution in [-0.4, -0.2) is 16.0 Å². The van der Waals surface area contributed by atoms with Gasteiger partial charge in [-0.05, 0) is 29.8 Å². The smallest absolute Gasteiger partial charge is 0.158 e. The zero-order valence-corrected chi connectivity index (χ0v) is 13.2. The summed E-state index contributed by atoms with van der Waals surface area (Å²) in [6.07, 6.45) is 0. The van der Waals surface area contributed by atoms with Crippen LogP contribution in [0, 0.1) is 5.53 Å². The van der Waals surface area contributed by atoms with Crippen LogP contribution in [0.5, 0.6) is 11.5 Å². The highest BCUT2D eigenvalue weighted by molar-refractivity contribution is 6.36. The largest absolute Gasteiger partial charge is 0.507 e. The number of aromatic hydroxyl groups is 2. The van der Waals surface area contributed by atoms with E-state index in [-0.39, 0.29) is 27.9 Å². The predicted molar refractivity (Wildman–Crippen MR) is 89.4 cm³/mol. The fraction of sp³-hybridized carbons (Fsp3) is 0.0714. The van der Waals surface area contributed by atoms with Crippen molar-refractivity contribution in [2.45, 2.75) is 6.54 Å². The quantitative estimate of drug-likeness (QED) is 0.185. The molecular weight excluding hydrogens is 341 g/mol. The Balaban J connectivity index is 2.18. The van der Waals surface area contributed by atoms with Gasteiger partial charge in [0.2, 0.25) is 0 Å². The van der Waals surface area contributed by atoms with Gasteiger partial charge in [0, 0.05) is 11.6 Å². The molecule has 9 heteroatoms. The summed E-state index contributed by atoms with van der Waals surface area (Å²) in [5.41, 5.74) is 13.6. The van der Waals surface area contributed by atoms with Crippen LogP contribution >= 0.6 is 23.2 Å². The normalized spacial score (nSPS) is 11.3. The Bertz CT molecular complexity index is 780. The van der Waals surface area contributed by atoms with Crippen molar-refractivity contribution in [1.82, 2.24) is 0 Å². The van der Waals surface area contributed by atoms with Gasteiger partial charge in [-0.2, -0.15) is 5.53 Å². The lowest BCUT2D eigenvalue weighted by atomic mass is 10.1. The van der Waals surface area contributed by atoms with Gasteiger partial charge >= 0.3 is 0 Å². The van der Waals surface area contributed by atoms with E-state index in [1.807, 2.05) is 0 Å². The topological polar surface area (TPSA) is 127 Å². The molecule has 0 saturated carbocycles. The lowest BCUT2D eigenvalue weighted by Gasteiger charge is -2.11. The van der Waals surface area contributed by atoms with Gasteiger partial charge in [-0.15, -0.1) is 5.10 Å². The summed E-state index contributed by atoms with van der Waals surface area (Å²) < 4.78 is 0. The van der Waals surface area contributed by atoms with E-state index < -0.39 is 0 Å². The molecule has 6 N–H and O–H groups in total. The second-order valence-corrected chi connectivity index (χ2v) is 5.42. The number of phenolic OH excluding ortho intramolecular Hbond substituents is 2. The summed E-state index contributed by atoms with van der Waals surface area (Å²) in [4.78, 5) is 0. The Kier molecular flexibility index (Phi) is 5.25. The Hall–Kier alpha value is -2.51. The summed E-state index contributed by atoms with van der Waals surface area (Å²) in [5, 5.41) is 29.5. The van der Waals surface area contributed by atoms with Crippen LogP contribution in [0.1, 0.15) is 11.1 Å². The van der Waals surface area contributed by atoms with Crippen LogP contribution in [0.3, 0.4) is 0 Å². The first kappa shape index (κ1) is 16.9. The van der Waals surface area contributed by atoms with Gasteiger partial charge in [-0.25, -0.2) is 0 Å². The van der Waals surface area contributed by atoms with Crippen molar-refractivity contribution in [3.63, 3.8) is 0 Å². The first-order valence-corrected chi connectivity index (χ1v) is 7.12. The summed E-state index contributed by atoms with van der Waals surface area (Å²) in [6, 6.07) is 7.72. The van der Waals surface area contributed by atoms with Gasteiger partial charge in [0.15, 0.2) is 11.6 Å². The summed E-state index contributed by atoms with van der Waals surface area (Å²) in [7, 11) is 0. The third-order valence-electron chi connectivity index (χ3n) is 3.01. The Labute approximate surface area is 141 Å². The molecule has 0 radical (unpaired) electrons. The first-order chi connectivity index (χ1) is 10.9. The third kappa shape index (κ3) is 4.02. The Morgan fingerprint density at radius 1 is 1.22 bits per heavy atom. The molecule has 0 spiro atoms. The van der Waals surface area contributed by atoms with Crippen molar-refractivity contribution in [3.8, 4) is 11.5 Å². The van der Waals surface area contributed by atoms with Crippen molar-refractivity contribution in [2.75, 3.05) is 5.32 Å². The molecule has 2 aromatic carbocycles. The molecule has 0 aliphatic heterocycles. The lowest BCUT2D eigenvalue weighted by Crippen LogP contribution is -2.13. The van der Waals surface area contributed by atoms with Crippen LogP contribution in [0.15, 0.2) is 40.7 Å². The summed E-state index contributed by atoms with van der Waals surface area (Å²) >= 11 is 11.7. The number of halogens is 2. The van der Waals surface area contributed by atoms with E-state index in [0.29, 0.717) is 17.3 Å². The third-order valence-corrected chi connectivity index (χ3v) is 3.51. The molecule has 0 bridgehead atoms. The van der Waals surface area contributed by atoms with E-state index in [9.17, 15) is 10.2 Å². The number of hydrogen-bond acceptors (Lipinski definition) is 5. The Morgan fingerprint density at radius 2 is 1.96 bits per heavy atom. The highest BCUT2D eigenvalue weighted by Crippen LogP contribution is 2.35. The molecule has 0 aromatic heterocycles. The van der Waals surface area contributed by atoms with Gasteiger partial charge in [-0.1, -0.05) is 34.5 Å². The minimum absolute atomic E-state index is 0.0590. The van der Waals surface area contributed by atoms with E-state index in [2.05, 4.69) is 15.6 Å². The van der Waals surface area contributed by atoms with Gasteiger partial charge in [-0.3, -0.25) is 0 Å². The van der Waals surface area contributed by atoms with Crippen LogP contribution in [0.4, 0.5) is 5.69 Å². The van der Waals surface area contributed by atoms with Gasteiger partial charge in [0.05, 0.1) is 16.3 Å². The van der Waals surface area contributed by atoms with Crippen molar-refractivity contribution in [2.24, 2.45) is 16.1 Å². The van der Waals surface area contributed by atoms with Crippen LogP contribution in [0.2, 0.25) is 10.0 Å². The lowest BCUT2D eigenvalue weighted by molar-refractivity contribution is 0.473. The van der Waals surface area contributed by atoms with Gasteiger partial charge in [0.25, 0.3) is 0 Å². The SMILES string of the molecule is N=N/N=C(\N)c1ccc(CNc2cc(Cl)cc(Cl)c2O)cc1O. The minimum atomic E-state index is -0.106. The molecule has 0 aliphatic rings. The molecule has 120 valence electrons. The number of rotatable bonds is 5. The summed E-state index contributed by atoms with van der Waals surface area (Å²) in [5.74, 6) is -0.260. The van der Waals surface area contributed by atoms with Crippen LogP contribution in [0.25, 0.3) is 0 Å². The molecule has 23 heavy (non-hydrogen) atoms. The molecule has 0 aliphatic carbocycles. The van der Waals surface area contributed by atoms with Crippen molar-refractivity contribution < 1.29 is 10.2 Å². The van der Waals surface area contributed by atoms with E-state index in [1.165, 1.54) is 18.2 Å². The zero-order chi connectivity index (χ0) is 17.0. The van der Waals surface area contributed by atoms with Crippen molar-refractivity contribution in [3.05, 3.63) is 51.5 Å². The van der Waals surface area contributed by atoms with E-state index in [1.54, 1.807) is 12.1 Å². The molecule has 0 saturated heterocycles. The van der Waals surface area contributed by atoms with Crippen LogP contribution in [-0.2, 0) is 6.54 Å². The predicted octanol–water partition coefficient (Wildman–Crippen LogP) is 3.67. The minimum Gasteiger partial charge on any atom is -0.507 e. The Morgan fingerprint density at radius 3 is 2.61 bits per heavy atom. The van der Waals surface area contributed by atoms with Crippen molar-refractivity contribution >= 4 is 34.7 Å². The fourth-order valence-corrected chi connectivity index (χ4v) is 2.40. The average Bonchev–Trinajstić information content (AvgIpc) is 2.49. The molecule has 2 aromatic rings. The van der Waals surface area contributed by atoms with Crippen molar-refractivity contribution in [1.29, 1.82) is 5.53 Å². The summed E-state index contributed by atoms with van der Waals surface area (Å²) in [6.45, 7) is 0.304.